The lowest BCUT2D eigenvalue weighted by molar-refractivity contribution is -1.02. The zero-order valence-corrected chi connectivity index (χ0v) is 20.2. The molecule has 3 aromatic rings. The second-order valence-corrected chi connectivity index (χ2v) is 9.88. The summed E-state index contributed by atoms with van der Waals surface area (Å²) in [5.41, 5.74) is 3.09. The number of allylic oxidation sites excluding steroid dienone is 1. The predicted molar refractivity (Wildman–Crippen MR) is 135 cm³/mol. The van der Waals surface area contributed by atoms with Crippen molar-refractivity contribution in [3.63, 3.8) is 0 Å². The van der Waals surface area contributed by atoms with Crippen LogP contribution in [0.15, 0.2) is 67.4 Å². The minimum atomic E-state index is -0.588. The van der Waals surface area contributed by atoms with Gasteiger partial charge in [0, 0.05) is 36.4 Å². The molecule has 2 fully saturated rings. The molecule has 0 spiro atoms. The van der Waals surface area contributed by atoms with Gasteiger partial charge in [0.1, 0.15) is 30.2 Å². The summed E-state index contributed by atoms with van der Waals surface area (Å²) in [6, 6.07) is 16.9. The Bertz CT molecular complexity index is 1180. The molecule has 5 atom stereocenters. The first kappa shape index (κ1) is 22.9. The number of methoxy groups -OCH3 is 2. The Labute approximate surface area is 202 Å². The number of benzene rings is 2. The molecular formula is C29H35N2O3+. The Morgan fingerprint density at radius 2 is 1.91 bits per heavy atom. The summed E-state index contributed by atoms with van der Waals surface area (Å²) < 4.78 is 11.9. The van der Waals surface area contributed by atoms with Crippen molar-refractivity contribution < 1.29 is 19.1 Å². The molecule has 2 aliphatic rings. The van der Waals surface area contributed by atoms with E-state index < -0.39 is 6.10 Å². The Kier molecular flexibility index (Phi) is 6.32. The third kappa shape index (κ3) is 3.97. The van der Waals surface area contributed by atoms with Gasteiger partial charge in [0.25, 0.3) is 0 Å². The fourth-order valence-electron chi connectivity index (χ4n) is 6.35. The summed E-state index contributed by atoms with van der Waals surface area (Å²) in [4.78, 5) is 4.54. The number of rotatable bonds is 7. The van der Waals surface area contributed by atoms with E-state index >= 15 is 0 Å². The number of quaternary nitrogens is 1. The van der Waals surface area contributed by atoms with Crippen LogP contribution in [0.1, 0.15) is 42.9 Å². The molecule has 5 heteroatoms. The average molecular weight is 460 g/mol. The lowest BCUT2D eigenvalue weighted by Gasteiger charge is -2.57. The maximum atomic E-state index is 12.0. The van der Waals surface area contributed by atoms with Crippen molar-refractivity contribution in [2.24, 2.45) is 5.92 Å². The van der Waals surface area contributed by atoms with Crippen molar-refractivity contribution in [1.29, 1.82) is 0 Å². The van der Waals surface area contributed by atoms with E-state index in [9.17, 15) is 5.11 Å². The van der Waals surface area contributed by atoms with Crippen molar-refractivity contribution in [1.82, 2.24) is 4.98 Å². The van der Waals surface area contributed by atoms with E-state index in [1.54, 1.807) is 14.2 Å². The number of aromatic nitrogens is 1. The molecule has 5 unspecified atom stereocenters. The van der Waals surface area contributed by atoms with Crippen LogP contribution in [0.3, 0.4) is 0 Å². The number of pyridine rings is 1. The molecule has 5 nitrogen and oxygen atoms in total. The minimum absolute atomic E-state index is 0.103. The first-order chi connectivity index (χ1) is 16.6. The molecule has 0 amide bonds. The van der Waals surface area contributed by atoms with Gasteiger partial charge in [-0.15, -0.1) is 6.58 Å². The van der Waals surface area contributed by atoms with Crippen molar-refractivity contribution >= 4 is 10.9 Å². The number of hydrogen-bond donors (Lipinski definition) is 1. The van der Waals surface area contributed by atoms with Crippen molar-refractivity contribution in [3.8, 4) is 11.5 Å². The Morgan fingerprint density at radius 3 is 2.65 bits per heavy atom. The Morgan fingerprint density at radius 1 is 1.09 bits per heavy atom. The molecule has 2 saturated heterocycles. The summed E-state index contributed by atoms with van der Waals surface area (Å²) in [5.74, 6) is 2.17. The molecular weight excluding hydrogens is 424 g/mol. The molecule has 2 aliphatic heterocycles. The average Bonchev–Trinajstić information content (AvgIpc) is 2.97. The molecule has 0 bridgehead atoms. The van der Waals surface area contributed by atoms with Crippen LogP contribution < -0.4 is 9.47 Å². The van der Waals surface area contributed by atoms with Crippen LogP contribution >= 0.6 is 0 Å². The van der Waals surface area contributed by atoms with Gasteiger partial charge in [-0.1, -0.05) is 18.2 Å². The van der Waals surface area contributed by atoms with Crippen LogP contribution in [-0.4, -0.2) is 47.4 Å². The number of nitrogens with zero attached hydrogens (tertiary/aromatic N) is 2. The van der Waals surface area contributed by atoms with Gasteiger partial charge in [-0.25, -0.2) is 0 Å². The molecule has 0 radical (unpaired) electrons. The molecule has 1 N–H and O–H groups in total. The normalized spacial score (nSPS) is 27.2. The highest BCUT2D eigenvalue weighted by Gasteiger charge is 2.55. The summed E-state index contributed by atoms with van der Waals surface area (Å²) in [7, 11) is 3.39. The van der Waals surface area contributed by atoms with Gasteiger partial charge in [-0.05, 0) is 54.3 Å². The highest BCUT2D eigenvalue weighted by atomic mass is 16.5. The van der Waals surface area contributed by atoms with Gasteiger partial charge >= 0.3 is 0 Å². The summed E-state index contributed by atoms with van der Waals surface area (Å²) in [6.45, 7) is 6.10. The van der Waals surface area contributed by atoms with Crippen molar-refractivity contribution in [2.45, 2.75) is 50.4 Å². The third-order valence-corrected chi connectivity index (χ3v) is 8.28. The van der Waals surface area contributed by atoms with Crippen LogP contribution in [0.5, 0.6) is 11.5 Å². The van der Waals surface area contributed by atoms with E-state index in [2.05, 4.69) is 35.8 Å². The predicted octanol–water partition coefficient (Wildman–Crippen LogP) is 5.43. The first-order valence-corrected chi connectivity index (χ1v) is 12.3. The summed E-state index contributed by atoms with van der Waals surface area (Å²) in [5, 5.41) is 13.0. The number of hydrogen-bond acceptors (Lipinski definition) is 4. The van der Waals surface area contributed by atoms with Gasteiger partial charge < -0.3 is 19.1 Å². The fourth-order valence-corrected chi connectivity index (χ4v) is 6.35. The van der Waals surface area contributed by atoms with Gasteiger partial charge in [-0.3, -0.25) is 4.98 Å². The largest absolute Gasteiger partial charge is 0.497 e. The lowest BCUT2D eigenvalue weighted by Crippen LogP contribution is -2.69. The highest BCUT2D eigenvalue weighted by molar-refractivity contribution is 5.83. The molecule has 3 heterocycles. The number of aliphatic hydroxyl groups is 1. The second-order valence-electron chi connectivity index (χ2n) is 9.88. The molecule has 0 saturated carbocycles. The van der Waals surface area contributed by atoms with E-state index in [4.69, 9.17) is 9.47 Å². The van der Waals surface area contributed by atoms with E-state index in [0.29, 0.717) is 12.0 Å². The van der Waals surface area contributed by atoms with Gasteiger partial charge in [0.2, 0.25) is 0 Å². The standard InChI is InChI=1S/C29H35N2O3/c1-4-20-8-11-28(29(32)25-12-14-30-27-10-9-24(34-3)18-26(25)27)31(15-13-22(31)16-20)19-21-6-5-7-23(17-21)33-2/h4-7,9-10,12,14,17-18,20,22,28-29,32H,1,8,11,13,15-16,19H2,2-3H3/q+1. The topological polar surface area (TPSA) is 51.6 Å². The van der Waals surface area contributed by atoms with Crippen LogP contribution in [0, 0.1) is 5.92 Å². The molecule has 178 valence electrons. The number of aliphatic hydroxyl groups excluding tert-OH is 1. The van der Waals surface area contributed by atoms with E-state index in [1.165, 1.54) is 12.0 Å². The van der Waals surface area contributed by atoms with Crippen molar-refractivity contribution in [2.75, 3.05) is 20.8 Å². The van der Waals surface area contributed by atoms with Gasteiger partial charge in [-0.2, -0.15) is 0 Å². The Balaban J connectivity index is 1.57. The monoisotopic (exact) mass is 459 g/mol. The fraction of sp³-hybridized carbons (Fsp3) is 0.414. The van der Waals surface area contributed by atoms with E-state index in [-0.39, 0.29) is 6.04 Å². The number of fused-ring (bicyclic) bond motifs is 2. The molecule has 1 aromatic heterocycles. The van der Waals surface area contributed by atoms with E-state index in [0.717, 1.165) is 64.8 Å². The van der Waals surface area contributed by atoms with Gasteiger partial charge in [0.05, 0.1) is 32.3 Å². The minimum Gasteiger partial charge on any atom is -0.497 e. The zero-order chi connectivity index (χ0) is 23.7. The van der Waals surface area contributed by atoms with Crippen molar-refractivity contribution in [3.05, 3.63) is 78.5 Å². The highest BCUT2D eigenvalue weighted by Crippen LogP contribution is 2.48. The Hall–Kier alpha value is -2.89. The zero-order valence-electron chi connectivity index (χ0n) is 20.2. The maximum Gasteiger partial charge on any atom is 0.131 e. The SMILES string of the molecule is C=CC1CCC(C(O)c2ccnc3ccc(OC)cc23)[N+]2(Cc3cccc(OC)c3)CCC2C1. The maximum absolute atomic E-state index is 12.0. The quantitative estimate of drug-likeness (QED) is 0.378. The van der Waals surface area contributed by atoms with E-state index in [1.807, 2.05) is 36.5 Å². The molecule has 2 aromatic carbocycles. The summed E-state index contributed by atoms with van der Waals surface area (Å²) in [6.07, 6.45) is 7.72. The lowest BCUT2D eigenvalue weighted by atomic mass is 9.85. The van der Waals surface area contributed by atoms with Crippen LogP contribution in [0.4, 0.5) is 0 Å². The van der Waals surface area contributed by atoms with Gasteiger partial charge in [0.15, 0.2) is 0 Å². The summed E-state index contributed by atoms with van der Waals surface area (Å²) >= 11 is 0. The number of ether oxygens (including phenoxy) is 2. The molecule has 5 rings (SSSR count). The molecule has 34 heavy (non-hydrogen) atoms. The third-order valence-electron chi connectivity index (χ3n) is 8.28. The van der Waals surface area contributed by atoms with Crippen LogP contribution in [-0.2, 0) is 6.54 Å². The second kappa shape index (κ2) is 9.40. The smallest absolute Gasteiger partial charge is 0.131 e. The molecule has 0 aliphatic carbocycles. The van der Waals surface area contributed by atoms with Crippen LogP contribution in [0.2, 0.25) is 0 Å². The first-order valence-electron chi connectivity index (χ1n) is 12.3. The van der Waals surface area contributed by atoms with Crippen LogP contribution in [0.25, 0.3) is 10.9 Å².